The molecule has 5 nitrogen and oxygen atoms in total. The Morgan fingerprint density at radius 1 is 1.45 bits per heavy atom. The summed E-state index contributed by atoms with van der Waals surface area (Å²) in [5, 5.41) is 0. The van der Waals surface area contributed by atoms with Crippen LogP contribution in [0.2, 0.25) is 0 Å². The molecule has 0 bridgehead atoms. The van der Waals surface area contributed by atoms with E-state index >= 15 is 0 Å². The van der Waals surface area contributed by atoms with Crippen molar-refractivity contribution in [2.24, 2.45) is 11.8 Å². The number of piperidine rings is 1. The zero-order valence-electron chi connectivity index (χ0n) is 12.3. The Hall–Kier alpha value is -0.950. The third-order valence-corrected chi connectivity index (χ3v) is 4.80. The Bertz CT molecular complexity index is 438. The average Bonchev–Trinajstić information content (AvgIpc) is 2.88. The predicted molar refractivity (Wildman–Crippen MR) is 82.5 cm³/mol. The maximum atomic E-state index is 11.4. The molecule has 2 heterocycles. The van der Waals surface area contributed by atoms with Crippen molar-refractivity contribution in [1.29, 1.82) is 0 Å². The monoisotopic (exact) mass is 296 g/mol. The molecule has 0 atom stereocenters. The molecule has 1 saturated heterocycles. The van der Waals surface area contributed by atoms with Gasteiger partial charge in [-0.2, -0.15) is 0 Å². The number of nitrogens with one attached hydrogen (secondary N) is 1. The average molecular weight is 296 g/mol. The molecule has 112 valence electrons. The van der Waals surface area contributed by atoms with Crippen LogP contribution in [0.1, 0.15) is 27.4 Å². The van der Waals surface area contributed by atoms with Crippen molar-refractivity contribution in [3.05, 3.63) is 21.9 Å². The van der Waals surface area contributed by atoms with Gasteiger partial charge in [0.1, 0.15) is 0 Å². The molecule has 6 heteroatoms. The number of thiophene rings is 1. The minimum absolute atomic E-state index is 0.203. The van der Waals surface area contributed by atoms with Gasteiger partial charge in [-0.15, -0.1) is 11.3 Å². The van der Waals surface area contributed by atoms with Crippen LogP contribution in [0.5, 0.6) is 0 Å². The van der Waals surface area contributed by atoms with Gasteiger partial charge in [0.15, 0.2) is 0 Å². The number of nitrogens with two attached hydrogens (primary N) is 1. The van der Waals surface area contributed by atoms with E-state index in [0.29, 0.717) is 4.88 Å². The van der Waals surface area contributed by atoms with Gasteiger partial charge in [0, 0.05) is 18.0 Å². The quantitative estimate of drug-likeness (QED) is 0.486. The van der Waals surface area contributed by atoms with E-state index in [0.717, 1.165) is 25.6 Å². The zero-order chi connectivity index (χ0) is 14.5. The first-order valence-corrected chi connectivity index (χ1v) is 7.87. The number of carbonyl (C=O) groups excluding carboxylic acids is 1. The zero-order valence-corrected chi connectivity index (χ0v) is 13.1. The minimum atomic E-state index is -0.203. The smallest absolute Gasteiger partial charge is 0.275 e. The highest BCUT2D eigenvalue weighted by molar-refractivity contribution is 7.14. The lowest BCUT2D eigenvalue weighted by molar-refractivity contribution is 0.0957. The van der Waals surface area contributed by atoms with E-state index in [2.05, 4.69) is 29.3 Å². The lowest BCUT2D eigenvalue weighted by atomic mass is 9.96. The molecular weight excluding hydrogens is 272 g/mol. The standard InChI is InChI=1S/C14H24N4OS/c1-17(2)9-11-5-7-18(8-6-11)10-12-3-4-13(20-12)14(19)16-15/h3-4,11H,5-10,15H2,1-2H3,(H,16,19). The van der Waals surface area contributed by atoms with E-state index in [4.69, 9.17) is 5.84 Å². The molecule has 0 aromatic carbocycles. The summed E-state index contributed by atoms with van der Waals surface area (Å²) in [5.74, 6) is 5.76. The van der Waals surface area contributed by atoms with Crippen molar-refractivity contribution in [2.45, 2.75) is 19.4 Å². The predicted octanol–water partition coefficient (Wildman–Crippen LogP) is 1.13. The van der Waals surface area contributed by atoms with Gasteiger partial charge >= 0.3 is 0 Å². The minimum Gasteiger partial charge on any atom is -0.309 e. The van der Waals surface area contributed by atoms with E-state index in [1.807, 2.05) is 12.1 Å². The van der Waals surface area contributed by atoms with Gasteiger partial charge in [-0.25, -0.2) is 5.84 Å². The summed E-state index contributed by atoms with van der Waals surface area (Å²) in [6.07, 6.45) is 2.53. The van der Waals surface area contributed by atoms with E-state index < -0.39 is 0 Å². The van der Waals surface area contributed by atoms with E-state index in [1.165, 1.54) is 35.6 Å². The molecule has 2 rings (SSSR count). The van der Waals surface area contributed by atoms with Crippen LogP contribution >= 0.6 is 11.3 Å². The van der Waals surface area contributed by atoms with Crippen molar-refractivity contribution < 1.29 is 4.79 Å². The van der Waals surface area contributed by atoms with E-state index in [9.17, 15) is 4.79 Å². The molecule has 1 fully saturated rings. The second kappa shape index (κ2) is 7.17. The summed E-state index contributed by atoms with van der Waals surface area (Å²) >= 11 is 1.53. The fourth-order valence-corrected chi connectivity index (χ4v) is 3.67. The Morgan fingerprint density at radius 2 is 2.15 bits per heavy atom. The Balaban J connectivity index is 1.80. The van der Waals surface area contributed by atoms with Crippen LogP contribution in [-0.4, -0.2) is 49.4 Å². The number of carbonyl (C=O) groups is 1. The normalized spacial score (nSPS) is 17.6. The molecule has 0 saturated carbocycles. The second-order valence-corrected chi connectivity index (χ2v) is 6.89. The SMILES string of the molecule is CN(C)CC1CCN(Cc2ccc(C(=O)NN)s2)CC1. The highest BCUT2D eigenvalue weighted by Crippen LogP contribution is 2.22. The van der Waals surface area contributed by atoms with Crippen LogP contribution in [0.25, 0.3) is 0 Å². The first kappa shape index (κ1) is 15.4. The van der Waals surface area contributed by atoms with Crippen LogP contribution in [0.4, 0.5) is 0 Å². The second-order valence-electron chi connectivity index (χ2n) is 5.72. The largest absolute Gasteiger partial charge is 0.309 e. The van der Waals surface area contributed by atoms with Gasteiger partial charge in [-0.3, -0.25) is 15.1 Å². The number of hydrogen-bond acceptors (Lipinski definition) is 5. The lowest BCUT2D eigenvalue weighted by Crippen LogP contribution is -2.36. The number of nitrogen functional groups attached to an aromatic ring is 1. The van der Waals surface area contributed by atoms with E-state index in [-0.39, 0.29) is 5.91 Å². The number of rotatable bonds is 5. The van der Waals surface area contributed by atoms with Crippen molar-refractivity contribution >= 4 is 17.2 Å². The number of hydrogen-bond donors (Lipinski definition) is 2. The summed E-state index contributed by atoms with van der Waals surface area (Å²) in [6.45, 7) is 4.43. The molecule has 20 heavy (non-hydrogen) atoms. The lowest BCUT2D eigenvalue weighted by Gasteiger charge is -2.32. The molecule has 0 radical (unpaired) electrons. The molecule has 1 amide bonds. The van der Waals surface area contributed by atoms with Crippen LogP contribution < -0.4 is 11.3 Å². The molecular formula is C14H24N4OS. The number of nitrogens with zero attached hydrogens (tertiary/aromatic N) is 2. The topological polar surface area (TPSA) is 61.6 Å². The summed E-state index contributed by atoms with van der Waals surface area (Å²) in [4.78, 5) is 18.1. The molecule has 0 unspecified atom stereocenters. The van der Waals surface area contributed by atoms with Gasteiger partial charge in [0.05, 0.1) is 4.88 Å². The maximum Gasteiger partial charge on any atom is 0.275 e. The van der Waals surface area contributed by atoms with Crippen molar-refractivity contribution in [3.8, 4) is 0 Å². The fraction of sp³-hybridized carbons (Fsp3) is 0.643. The van der Waals surface area contributed by atoms with Crippen molar-refractivity contribution in [2.75, 3.05) is 33.7 Å². The van der Waals surface area contributed by atoms with Gasteiger partial charge in [0.25, 0.3) is 5.91 Å². The maximum absolute atomic E-state index is 11.4. The Labute approximate surface area is 124 Å². The molecule has 1 aromatic heterocycles. The summed E-state index contributed by atoms with van der Waals surface area (Å²) in [7, 11) is 4.28. The summed E-state index contributed by atoms with van der Waals surface area (Å²) in [5.41, 5.74) is 2.18. The number of likely N-dealkylation sites (tertiary alicyclic amines) is 1. The molecule has 0 spiro atoms. The van der Waals surface area contributed by atoms with Crippen LogP contribution in [0.15, 0.2) is 12.1 Å². The first-order valence-electron chi connectivity index (χ1n) is 7.05. The van der Waals surface area contributed by atoms with Crippen LogP contribution in [-0.2, 0) is 6.54 Å². The number of hydrazine groups is 1. The third kappa shape index (κ3) is 4.28. The first-order chi connectivity index (χ1) is 9.58. The van der Waals surface area contributed by atoms with E-state index in [1.54, 1.807) is 0 Å². The summed E-state index contributed by atoms with van der Waals surface area (Å²) < 4.78 is 0. The summed E-state index contributed by atoms with van der Waals surface area (Å²) in [6, 6.07) is 3.88. The van der Waals surface area contributed by atoms with Crippen molar-refractivity contribution in [3.63, 3.8) is 0 Å². The van der Waals surface area contributed by atoms with Crippen molar-refractivity contribution in [1.82, 2.24) is 15.2 Å². The molecule has 1 aliphatic rings. The molecule has 3 N–H and O–H groups in total. The third-order valence-electron chi connectivity index (χ3n) is 3.73. The van der Waals surface area contributed by atoms with Crippen LogP contribution in [0.3, 0.4) is 0 Å². The number of amides is 1. The highest BCUT2D eigenvalue weighted by atomic mass is 32.1. The molecule has 1 aliphatic heterocycles. The van der Waals surface area contributed by atoms with Gasteiger partial charge in [-0.05, 0) is 58.1 Å². The van der Waals surface area contributed by atoms with Gasteiger partial charge in [0.2, 0.25) is 0 Å². The van der Waals surface area contributed by atoms with Gasteiger partial charge < -0.3 is 4.90 Å². The van der Waals surface area contributed by atoms with Gasteiger partial charge in [-0.1, -0.05) is 0 Å². The highest BCUT2D eigenvalue weighted by Gasteiger charge is 2.20. The molecule has 1 aromatic rings. The fourth-order valence-electron chi connectivity index (χ4n) is 2.72. The van der Waals surface area contributed by atoms with Crippen LogP contribution in [0, 0.1) is 5.92 Å². The Morgan fingerprint density at radius 3 is 2.75 bits per heavy atom. The Kier molecular flexibility index (Phi) is 5.54. The molecule has 0 aliphatic carbocycles.